The van der Waals surface area contributed by atoms with Crippen LogP contribution in [-0.4, -0.2) is 45.0 Å². The van der Waals surface area contributed by atoms with Crippen LogP contribution in [0.25, 0.3) is 0 Å². The Labute approximate surface area is 190 Å². The van der Waals surface area contributed by atoms with Gasteiger partial charge in [0.1, 0.15) is 5.60 Å². The number of hydrogen-bond acceptors (Lipinski definition) is 5. The lowest BCUT2D eigenvalue weighted by Crippen LogP contribution is -2.41. The van der Waals surface area contributed by atoms with Crippen molar-refractivity contribution < 1.29 is 19.0 Å². The minimum Gasteiger partial charge on any atom is -0.359 e. The highest BCUT2D eigenvalue weighted by Gasteiger charge is 2.39. The van der Waals surface area contributed by atoms with Gasteiger partial charge in [0, 0.05) is 20.8 Å². The van der Waals surface area contributed by atoms with Gasteiger partial charge < -0.3 is 14.2 Å². The molecule has 1 fully saturated rings. The van der Waals surface area contributed by atoms with E-state index in [1.807, 2.05) is 23.3 Å². The van der Waals surface area contributed by atoms with Gasteiger partial charge >= 0.3 is 0 Å². The predicted molar refractivity (Wildman–Crippen MR) is 124 cm³/mol. The summed E-state index contributed by atoms with van der Waals surface area (Å²) in [6.45, 7) is 0.586. The second-order valence-electron chi connectivity index (χ2n) is 7.89. The Bertz CT molecular complexity index is 835. The molecule has 0 aliphatic carbocycles. The van der Waals surface area contributed by atoms with Gasteiger partial charge in [0.2, 0.25) is 0 Å². The molecule has 0 saturated carbocycles. The van der Waals surface area contributed by atoms with Gasteiger partial charge in [-0.2, -0.15) is 5.06 Å². The largest absolute Gasteiger partial charge is 0.359 e. The molecule has 3 aromatic rings. The van der Waals surface area contributed by atoms with Crippen molar-refractivity contribution in [3.63, 3.8) is 0 Å². The normalized spacial score (nSPS) is 17.2. The number of methoxy groups -OCH3 is 2. The van der Waals surface area contributed by atoms with Crippen molar-refractivity contribution >= 4 is 0 Å². The lowest BCUT2D eigenvalue weighted by Gasteiger charge is -2.37. The SMILES string of the molecule is COC(OC)ON1CCC[C@@H]1COC(c1ccccc1)(c1ccccc1)c1ccccc1. The molecule has 0 spiro atoms. The molecule has 1 heterocycles. The molecule has 1 atom stereocenters. The third-order valence-electron chi connectivity index (χ3n) is 5.96. The Hall–Kier alpha value is -2.54. The highest BCUT2D eigenvalue weighted by Crippen LogP contribution is 2.41. The van der Waals surface area contributed by atoms with Gasteiger partial charge in [0.05, 0.1) is 12.6 Å². The fourth-order valence-corrected chi connectivity index (χ4v) is 4.40. The highest BCUT2D eigenvalue weighted by molar-refractivity contribution is 5.47. The summed E-state index contributed by atoms with van der Waals surface area (Å²) in [5, 5.41) is 1.93. The maximum atomic E-state index is 6.95. The monoisotopic (exact) mass is 433 g/mol. The number of nitrogens with zero attached hydrogens (tertiary/aromatic N) is 1. The van der Waals surface area contributed by atoms with Crippen LogP contribution in [0.1, 0.15) is 29.5 Å². The predicted octanol–water partition coefficient (Wildman–Crippen LogP) is 4.97. The van der Waals surface area contributed by atoms with E-state index in [4.69, 9.17) is 19.0 Å². The number of hydroxylamine groups is 2. The van der Waals surface area contributed by atoms with Crippen molar-refractivity contribution in [3.05, 3.63) is 108 Å². The van der Waals surface area contributed by atoms with Crippen molar-refractivity contribution in [3.8, 4) is 0 Å². The molecule has 4 rings (SSSR count). The molecule has 0 aromatic heterocycles. The molecule has 1 saturated heterocycles. The fraction of sp³-hybridized carbons (Fsp3) is 0.333. The molecule has 1 aliphatic heterocycles. The van der Waals surface area contributed by atoms with Crippen molar-refractivity contribution in [1.29, 1.82) is 0 Å². The van der Waals surface area contributed by atoms with E-state index in [0.29, 0.717) is 6.61 Å². The van der Waals surface area contributed by atoms with E-state index < -0.39 is 12.1 Å². The van der Waals surface area contributed by atoms with E-state index >= 15 is 0 Å². The van der Waals surface area contributed by atoms with Crippen LogP contribution in [0.4, 0.5) is 0 Å². The van der Waals surface area contributed by atoms with E-state index in [9.17, 15) is 0 Å². The second kappa shape index (κ2) is 10.9. The maximum Gasteiger partial charge on any atom is 0.288 e. The molecule has 5 nitrogen and oxygen atoms in total. The second-order valence-corrected chi connectivity index (χ2v) is 7.89. The van der Waals surface area contributed by atoms with Gasteiger partial charge in [-0.15, -0.1) is 0 Å². The highest BCUT2D eigenvalue weighted by atomic mass is 16.9. The first kappa shape index (κ1) is 22.6. The summed E-state index contributed by atoms with van der Waals surface area (Å²) in [6, 6.07) is 31.4. The van der Waals surface area contributed by atoms with Crippen molar-refractivity contribution in [1.82, 2.24) is 5.06 Å². The van der Waals surface area contributed by atoms with E-state index in [0.717, 1.165) is 36.1 Å². The standard InChI is InChI=1S/C27H31NO4/c1-29-26(30-2)32-28-20-12-19-25(28)21-31-27(22-13-6-3-7-14-22,23-15-8-4-9-16-23)24-17-10-5-11-18-24/h3-11,13-18,25-26H,12,19-21H2,1-2H3/t25-/m1/s1. The molecule has 32 heavy (non-hydrogen) atoms. The number of hydrogen-bond donors (Lipinski definition) is 0. The first-order valence-corrected chi connectivity index (χ1v) is 11.1. The summed E-state index contributed by atoms with van der Waals surface area (Å²) in [7, 11) is 3.14. The van der Waals surface area contributed by atoms with Crippen molar-refractivity contribution in [2.24, 2.45) is 0 Å². The van der Waals surface area contributed by atoms with E-state index in [1.54, 1.807) is 14.2 Å². The number of benzene rings is 3. The zero-order valence-electron chi connectivity index (χ0n) is 18.7. The third kappa shape index (κ3) is 4.77. The van der Waals surface area contributed by atoms with Crippen LogP contribution in [-0.2, 0) is 24.6 Å². The lowest BCUT2D eigenvalue weighted by molar-refractivity contribution is -0.365. The van der Waals surface area contributed by atoms with Gasteiger partial charge in [-0.05, 0) is 29.5 Å². The Morgan fingerprint density at radius 3 is 1.69 bits per heavy atom. The molecular formula is C27H31NO4. The molecule has 168 valence electrons. The first-order valence-electron chi connectivity index (χ1n) is 11.1. The molecule has 0 radical (unpaired) electrons. The Balaban J connectivity index is 1.70. The fourth-order valence-electron chi connectivity index (χ4n) is 4.40. The molecule has 0 amide bonds. The average molecular weight is 434 g/mol. The molecule has 0 unspecified atom stereocenters. The summed E-state index contributed by atoms with van der Waals surface area (Å²) in [5.74, 6) is 0. The summed E-state index contributed by atoms with van der Waals surface area (Å²) in [6.07, 6.45) is 2.01. The van der Waals surface area contributed by atoms with Gasteiger partial charge in [0.25, 0.3) is 6.48 Å². The smallest absolute Gasteiger partial charge is 0.288 e. The van der Waals surface area contributed by atoms with E-state index in [2.05, 4.69) is 72.8 Å². The molecular weight excluding hydrogens is 402 g/mol. The van der Waals surface area contributed by atoms with Gasteiger partial charge in [-0.25, -0.2) is 4.84 Å². The van der Waals surface area contributed by atoms with Crippen LogP contribution in [0.3, 0.4) is 0 Å². The summed E-state index contributed by atoms with van der Waals surface area (Å²) in [4.78, 5) is 5.91. The molecule has 1 aliphatic rings. The first-order chi connectivity index (χ1) is 15.8. The zero-order valence-corrected chi connectivity index (χ0v) is 18.7. The van der Waals surface area contributed by atoms with Crippen LogP contribution < -0.4 is 0 Å². The molecule has 3 aromatic carbocycles. The zero-order chi connectivity index (χ0) is 22.2. The lowest BCUT2D eigenvalue weighted by atomic mass is 9.80. The van der Waals surface area contributed by atoms with E-state index in [1.165, 1.54) is 0 Å². The summed E-state index contributed by atoms with van der Waals surface area (Å²) < 4.78 is 17.4. The van der Waals surface area contributed by atoms with Crippen LogP contribution >= 0.6 is 0 Å². The van der Waals surface area contributed by atoms with Crippen LogP contribution in [0.2, 0.25) is 0 Å². The molecule has 0 bridgehead atoms. The molecule has 0 N–H and O–H groups in total. The number of ether oxygens (including phenoxy) is 3. The van der Waals surface area contributed by atoms with E-state index in [-0.39, 0.29) is 6.04 Å². The Kier molecular flexibility index (Phi) is 7.68. The number of rotatable bonds is 10. The third-order valence-corrected chi connectivity index (χ3v) is 5.96. The van der Waals surface area contributed by atoms with Crippen LogP contribution in [0.5, 0.6) is 0 Å². The Morgan fingerprint density at radius 1 is 0.781 bits per heavy atom. The van der Waals surface area contributed by atoms with Crippen LogP contribution in [0, 0.1) is 0 Å². The minimum atomic E-state index is -0.736. The maximum absolute atomic E-state index is 6.95. The van der Waals surface area contributed by atoms with Gasteiger partial charge in [-0.3, -0.25) is 0 Å². The molecule has 5 heteroatoms. The summed E-state index contributed by atoms with van der Waals surface area (Å²) >= 11 is 0. The quantitative estimate of drug-likeness (QED) is 0.334. The summed E-state index contributed by atoms with van der Waals surface area (Å²) in [5.41, 5.74) is 2.54. The van der Waals surface area contributed by atoms with Gasteiger partial charge in [0.15, 0.2) is 0 Å². The van der Waals surface area contributed by atoms with Gasteiger partial charge in [-0.1, -0.05) is 91.0 Å². The topological polar surface area (TPSA) is 40.2 Å². The van der Waals surface area contributed by atoms with Crippen LogP contribution in [0.15, 0.2) is 91.0 Å². The Morgan fingerprint density at radius 2 is 1.25 bits per heavy atom. The minimum absolute atomic E-state index is 0.0957. The van der Waals surface area contributed by atoms with Crippen molar-refractivity contribution in [2.75, 3.05) is 27.4 Å². The van der Waals surface area contributed by atoms with Crippen molar-refractivity contribution in [2.45, 2.75) is 31.0 Å². The average Bonchev–Trinajstić information content (AvgIpc) is 3.32.